The molecule has 0 radical (unpaired) electrons. The summed E-state index contributed by atoms with van der Waals surface area (Å²) in [6.07, 6.45) is 1.62. The fourth-order valence-corrected chi connectivity index (χ4v) is 3.64. The summed E-state index contributed by atoms with van der Waals surface area (Å²) in [6, 6.07) is 9.39. The number of ether oxygens (including phenoxy) is 1. The quantitative estimate of drug-likeness (QED) is 0.435. The third kappa shape index (κ3) is 3.62. The Kier molecular flexibility index (Phi) is 5.65. The van der Waals surface area contributed by atoms with E-state index in [1.807, 2.05) is 34.9 Å². The number of esters is 1. The van der Waals surface area contributed by atoms with Crippen LogP contribution in [0.2, 0.25) is 0 Å². The van der Waals surface area contributed by atoms with Crippen LogP contribution in [0.1, 0.15) is 6.42 Å². The summed E-state index contributed by atoms with van der Waals surface area (Å²) in [7, 11) is 1.36. The summed E-state index contributed by atoms with van der Waals surface area (Å²) < 4.78 is 9.06. The standard InChI is InChI=1S/C18H22N4O3S/c1-3-9-21-16(13-7-5-4-6-8-13)19-22(18(21)26)12-20-11-14(23)10-15(20)17(24)25-2/h3-8,14-15,23H,1,9-12H2,2H3/p+1/t14-,15-/m0/s1. The van der Waals surface area contributed by atoms with Crippen molar-refractivity contribution in [3.63, 3.8) is 0 Å². The van der Waals surface area contributed by atoms with E-state index in [9.17, 15) is 9.90 Å². The molecule has 0 saturated carbocycles. The highest BCUT2D eigenvalue weighted by atomic mass is 32.1. The number of carbonyl (C=O) groups excluding carboxylic acids is 1. The number of allylic oxidation sites excluding steroid dienone is 1. The van der Waals surface area contributed by atoms with E-state index in [4.69, 9.17) is 17.0 Å². The largest absolute Gasteiger partial charge is 0.465 e. The first-order valence-corrected chi connectivity index (χ1v) is 8.90. The fraction of sp³-hybridized carbons (Fsp3) is 0.389. The first kappa shape index (κ1) is 18.5. The molecule has 0 aliphatic carbocycles. The summed E-state index contributed by atoms with van der Waals surface area (Å²) in [6.45, 7) is 5.18. The SMILES string of the molecule is C=CCn1c(-c2ccccc2)nn(C[NH+]2C[C@@H](O)C[C@H]2C(=O)OC)c1=S. The Morgan fingerprint density at radius 2 is 2.23 bits per heavy atom. The normalized spacial score (nSPS) is 22.3. The second-order valence-corrected chi connectivity index (χ2v) is 6.72. The molecule has 2 heterocycles. The zero-order valence-electron chi connectivity index (χ0n) is 14.7. The number of aromatic nitrogens is 3. The lowest BCUT2D eigenvalue weighted by molar-refractivity contribution is -0.928. The second-order valence-electron chi connectivity index (χ2n) is 6.36. The highest BCUT2D eigenvalue weighted by Crippen LogP contribution is 2.18. The molecule has 1 saturated heterocycles. The number of aliphatic hydroxyl groups is 1. The average molecular weight is 375 g/mol. The van der Waals surface area contributed by atoms with E-state index >= 15 is 0 Å². The van der Waals surface area contributed by atoms with E-state index < -0.39 is 12.1 Å². The summed E-state index contributed by atoms with van der Waals surface area (Å²) in [5.41, 5.74) is 0.958. The minimum Gasteiger partial charge on any atom is -0.465 e. The Balaban J connectivity index is 1.94. The number of carbonyl (C=O) groups is 1. The monoisotopic (exact) mass is 375 g/mol. The zero-order chi connectivity index (χ0) is 18.7. The van der Waals surface area contributed by atoms with Gasteiger partial charge in [-0.15, -0.1) is 11.7 Å². The molecule has 1 aliphatic rings. The van der Waals surface area contributed by atoms with Gasteiger partial charge in [-0.2, -0.15) is 4.68 Å². The van der Waals surface area contributed by atoms with Crippen LogP contribution in [0.15, 0.2) is 43.0 Å². The number of nitrogens with one attached hydrogen (secondary N) is 1. The van der Waals surface area contributed by atoms with E-state index in [1.165, 1.54) is 7.11 Å². The van der Waals surface area contributed by atoms with Gasteiger partial charge in [-0.05, 0) is 12.2 Å². The smallest absolute Gasteiger partial charge is 0.364 e. The van der Waals surface area contributed by atoms with E-state index in [2.05, 4.69) is 11.7 Å². The molecule has 1 aromatic carbocycles. The number of hydrogen-bond acceptors (Lipinski definition) is 5. The van der Waals surface area contributed by atoms with Crippen LogP contribution in [0.5, 0.6) is 0 Å². The van der Waals surface area contributed by atoms with Crippen molar-refractivity contribution in [3.05, 3.63) is 47.8 Å². The maximum atomic E-state index is 12.0. The van der Waals surface area contributed by atoms with Crippen molar-refractivity contribution in [1.82, 2.24) is 14.3 Å². The topological polar surface area (TPSA) is 73.7 Å². The van der Waals surface area contributed by atoms with Crippen LogP contribution in [0.4, 0.5) is 0 Å². The molecule has 0 bridgehead atoms. The molecule has 26 heavy (non-hydrogen) atoms. The van der Waals surface area contributed by atoms with Gasteiger partial charge in [-0.1, -0.05) is 36.4 Å². The lowest BCUT2D eigenvalue weighted by Crippen LogP contribution is -3.14. The van der Waals surface area contributed by atoms with Crippen molar-refractivity contribution in [2.75, 3.05) is 13.7 Å². The number of methoxy groups -OCH3 is 1. The third-order valence-corrected chi connectivity index (χ3v) is 5.03. The molecule has 3 atom stereocenters. The summed E-state index contributed by atoms with van der Waals surface area (Å²) in [4.78, 5) is 12.9. The van der Waals surface area contributed by atoms with E-state index in [0.29, 0.717) is 31.0 Å². The summed E-state index contributed by atoms with van der Waals surface area (Å²) in [5, 5.41) is 14.7. The van der Waals surface area contributed by atoms with Crippen LogP contribution >= 0.6 is 12.2 Å². The molecule has 0 amide bonds. The van der Waals surface area contributed by atoms with Crippen LogP contribution in [-0.4, -0.2) is 51.2 Å². The number of aliphatic hydroxyl groups excluding tert-OH is 1. The van der Waals surface area contributed by atoms with Gasteiger partial charge >= 0.3 is 5.97 Å². The summed E-state index contributed by atoms with van der Waals surface area (Å²) in [5.74, 6) is 0.432. The van der Waals surface area contributed by atoms with Crippen molar-refractivity contribution < 1.29 is 19.5 Å². The van der Waals surface area contributed by atoms with E-state index in [0.717, 1.165) is 16.3 Å². The Morgan fingerprint density at radius 3 is 2.88 bits per heavy atom. The predicted octanol–water partition coefficient (Wildman–Crippen LogP) is 0.416. The molecule has 8 heteroatoms. The van der Waals surface area contributed by atoms with Crippen LogP contribution < -0.4 is 4.90 Å². The number of hydrogen-bond donors (Lipinski definition) is 2. The van der Waals surface area contributed by atoms with Crippen LogP contribution in [0.3, 0.4) is 0 Å². The Hall–Kier alpha value is -2.29. The van der Waals surface area contributed by atoms with Gasteiger partial charge in [-0.3, -0.25) is 4.57 Å². The van der Waals surface area contributed by atoms with Crippen LogP contribution in [-0.2, 0) is 22.7 Å². The molecule has 3 rings (SSSR count). The third-order valence-electron chi connectivity index (χ3n) is 4.60. The average Bonchev–Trinajstić information content (AvgIpc) is 3.17. The Labute approximate surface area is 157 Å². The van der Waals surface area contributed by atoms with Gasteiger partial charge in [0.1, 0.15) is 12.6 Å². The second kappa shape index (κ2) is 7.94. The molecule has 1 unspecified atom stereocenters. The van der Waals surface area contributed by atoms with Crippen molar-refractivity contribution in [2.24, 2.45) is 0 Å². The molecule has 2 N–H and O–H groups in total. The Morgan fingerprint density at radius 1 is 1.50 bits per heavy atom. The minimum atomic E-state index is -0.535. The summed E-state index contributed by atoms with van der Waals surface area (Å²) >= 11 is 5.60. The van der Waals surface area contributed by atoms with Crippen molar-refractivity contribution in [2.45, 2.75) is 31.8 Å². The van der Waals surface area contributed by atoms with Crippen molar-refractivity contribution >= 4 is 18.2 Å². The molecule has 2 aromatic rings. The maximum absolute atomic E-state index is 12.0. The zero-order valence-corrected chi connectivity index (χ0v) is 15.5. The minimum absolute atomic E-state index is 0.322. The lowest BCUT2D eigenvalue weighted by Gasteiger charge is -2.18. The highest BCUT2D eigenvalue weighted by Gasteiger charge is 2.41. The number of rotatable bonds is 6. The molecular weight excluding hydrogens is 352 g/mol. The van der Waals surface area contributed by atoms with Gasteiger partial charge in [0.2, 0.25) is 4.77 Å². The number of benzene rings is 1. The predicted molar refractivity (Wildman–Crippen MR) is 98.9 cm³/mol. The van der Waals surface area contributed by atoms with Gasteiger partial charge in [0.15, 0.2) is 18.5 Å². The first-order chi connectivity index (χ1) is 12.5. The molecule has 0 spiro atoms. The molecule has 1 fully saturated rings. The van der Waals surface area contributed by atoms with Crippen LogP contribution in [0.25, 0.3) is 11.4 Å². The molecule has 1 aliphatic heterocycles. The van der Waals surface area contributed by atoms with Crippen molar-refractivity contribution in [3.8, 4) is 11.4 Å². The molecular formula is C18H23N4O3S+. The van der Waals surface area contributed by atoms with Gasteiger partial charge in [0.05, 0.1) is 7.11 Å². The highest BCUT2D eigenvalue weighted by molar-refractivity contribution is 7.71. The number of quaternary nitrogens is 1. The molecule has 7 nitrogen and oxygen atoms in total. The van der Waals surface area contributed by atoms with Gasteiger partial charge < -0.3 is 14.7 Å². The first-order valence-electron chi connectivity index (χ1n) is 8.49. The van der Waals surface area contributed by atoms with Gasteiger partial charge in [-0.25, -0.2) is 4.79 Å². The van der Waals surface area contributed by atoms with Crippen molar-refractivity contribution in [1.29, 1.82) is 0 Å². The molecule has 138 valence electrons. The van der Waals surface area contributed by atoms with E-state index in [1.54, 1.807) is 10.8 Å². The Bertz CT molecular complexity index is 846. The number of nitrogens with zero attached hydrogens (tertiary/aromatic N) is 3. The number of likely N-dealkylation sites (tertiary alicyclic amines) is 1. The van der Waals surface area contributed by atoms with E-state index in [-0.39, 0.29) is 5.97 Å². The van der Waals surface area contributed by atoms with Gasteiger partial charge in [0, 0.05) is 18.5 Å². The van der Waals surface area contributed by atoms with Crippen LogP contribution in [0, 0.1) is 4.77 Å². The fourth-order valence-electron chi connectivity index (χ4n) is 3.38. The maximum Gasteiger partial charge on any atom is 0.364 e. The lowest BCUT2D eigenvalue weighted by atomic mass is 10.2. The molecule has 1 aromatic heterocycles. The van der Waals surface area contributed by atoms with Gasteiger partial charge in [0.25, 0.3) is 0 Å².